The van der Waals surface area contributed by atoms with E-state index in [9.17, 15) is 4.79 Å². The number of nitrogens with zero attached hydrogens (tertiary/aromatic N) is 3. The molecular formula is C14H22N4O2S. The lowest BCUT2D eigenvalue weighted by Crippen LogP contribution is -2.46. The molecule has 0 spiro atoms. The van der Waals surface area contributed by atoms with Gasteiger partial charge < -0.3 is 19.9 Å². The molecule has 1 N–H and O–H groups in total. The van der Waals surface area contributed by atoms with Gasteiger partial charge in [-0.25, -0.2) is 4.98 Å². The molecule has 2 aliphatic heterocycles. The zero-order valence-electron chi connectivity index (χ0n) is 12.4. The van der Waals surface area contributed by atoms with Gasteiger partial charge in [-0.1, -0.05) is 11.3 Å². The molecule has 2 saturated heterocycles. The number of rotatable bonds is 4. The normalized spacial score (nSPS) is 19.3. The second kappa shape index (κ2) is 6.72. The van der Waals surface area contributed by atoms with Gasteiger partial charge in [-0.15, -0.1) is 0 Å². The minimum Gasteiger partial charge on any atom is -0.378 e. The Hall–Kier alpha value is -1.18. The quantitative estimate of drug-likeness (QED) is 0.897. The third-order valence-corrected chi connectivity index (χ3v) is 5.09. The van der Waals surface area contributed by atoms with Crippen molar-refractivity contribution in [1.82, 2.24) is 15.2 Å². The number of aromatic nitrogens is 1. The van der Waals surface area contributed by atoms with Crippen molar-refractivity contribution in [2.45, 2.75) is 19.4 Å². The Balaban J connectivity index is 1.82. The highest BCUT2D eigenvalue weighted by atomic mass is 32.1. The fourth-order valence-electron chi connectivity index (χ4n) is 2.80. The maximum Gasteiger partial charge on any atom is 0.266 e. The highest BCUT2D eigenvalue weighted by molar-refractivity contribution is 7.17. The van der Waals surface area contributed by atoms with E-state index in [0.717, 1.165) is 55.0 Å². The van der Waals surface area contributed by atoms with E-state index in [2.05, 4.69) is 15.2 Å². The number of methoxy groups -OCH3 is 1. The molecule has 3 heterocycles. The van der Waals surface area contributed by atoms with Crippen LogP contribution in [0.2, 0.25) is 0 Å². The number of hydrogen-bond acceptors (Lipinski definition) is 6. The van der Waals surface area contributed by atoms with E-state index in [1.54, 1.807) is 7.11 Å². The van der Waals surface area contributed by atoms with Crippen molar-refractivity contribution in [3.05, 3.63) is 10.6 Å². The maximum absolute atomic E-state index is 12.7. The first kappa shape index (κ1) is 14.7. The van der Waals surface area contributed by atoms with Gasteiger partial charge in [0, 0.05) is 46.4 Å². The molecule has 1 aromatic heterocycles. The topological polar surface area (TPSA) is 57.7 Å². The molecule has 2 aliphatic rings. The van der Waals surface area contributed by atoms with Crippen LogP contribution in [0.5, 0.6) is 0 Å². The molecule has 0 saturated carbocycles. The highest BCUT2D eigenvalue weighted by Crippen LogP contribution is 2.30. The van der Waals surface area contributed by atoms with E-state index in [-0.39, 0.29) is 5.91 Å². The molecule has 1 aromatic rings. The predicted molar refractivity (Wildman–Crippen MR) is 83.0 cm³/mol. The Morgan fingerprint density at radius 2 is 2.00 bits per heavy atom. The lowest BCUT2D eigenvalue weighted by Gasteiger charge is -2.27. The summed E-state index contributed by atoms with van der Waals surface area (Å²) in [6.07, 6.45) is 2.42. The lowest BCUT2D eigenvalue weighted by atomic mass is 10.3. The van der Waals surface area contributed by atoms with Gasteiger partial charge in [0.1, 0.15) is 4.88 Å². The summed E-state index contributed by atoms with van der Waals surface area (Å²) < 4.78 is 5.22. The van der Waals surface area contributed by atoms with Gasteiger partial charge in [-0.3, -0.25) is 4.79 Å². The number of carbonyl (C=O) groups is 1. The first-order chi connectivity index (χ1) is 10.3. The second-order valence-corrected chi connectivity index (χ2v) is 6.42. The minimum atomic E-state index is 0.103. The van der Waals surface area contributed by atoms with Crippen molar-refractivity contribution >= 4 is 22.4 Å². The Kier molecular flexibility index (Phi) is 4.72. The zero-order valence-corrected chi connectivity index (χ0v) is 13.2. The molecule has 2 fully saturated rings. The first-order valence-electron chi connectivity index (χ1n) is 7.53. The number of piperazine rings is 1. The van der Waals surface area contributed by atoms with Crippen LogP contribution in [0, 0.1) is 0 Å². The van der Waals surface area contributed by atoms with Gasteiger partial charge in [0.05, 0.1) is 12.3 Å². The standard InChI is InChI=1S/C14H22N4O2S/c1-20-10-11-12(13(19)17-8-4-15-5-9-17)21-14(16-11)18-6-2-3-7-18/h15H,2-10H2,1H3. The number of carbonyl (C=O) groups excluding carboxylic acids is 1. The molecule has 116 valence electrons. The van der Waals surface area contributed by atoms with Crippen LogP contribution < -0.4 is 10.2 Å². The average molecular weight is 310 g/mol. The van der Waals surface area contributed by atoms with Crippen molar-refractivity contribution in [3.8, 4) is 0 Å². The Bertz CT molecular complexity index is 493. The molecular weight excluding hydrogens is 288 g/mol. The lowest BCUT2D eigenvalue weighted by molar-refractivity contribution is 0.0735. The number of thiazole rings is 1. The van der Waals surface area contributed by atoms with Crippen LogP contribution in [0.25, 0.3) is 0 Å². The van der Waals surface area contributed by atoms with Crippen LogP contribution in [0.15, 0.2) is 0 Å². The first-order valence-corrected chi connectivity index (χ1v) is 8.35. The van der Waals surface area contributed by atoms with Crippen LogP contribution in [0.4, 0.5) is 5.13 Å². The Morgan fingerprint density at radius 1 is 1.29 bits per heavy atom. The third kappa shape index (κ3) is 3.20. The molecule has 0 atom stereocenters. The van der Waals surface area contributed by atoms with Crippen molar-refractivity contribution in [2.75, 3.05) is 51.3 Å². The van der Waals surface area contributed by atoms with Gasteiger partial charge in [0.25, 0.3) is 5.91 Å². The highest BCUT2D eigenvalue weighted by Gasteiger charge is 2.26. The third-order valence-electron chi connectivity index (χ3n) is 3.94. The van der Waals surface area contributed by atoms with Crippen LogP contribution in [0.1, 0.15) is 28.2 Å². The molecule has 1 amide bonds. The van der Waals surface area contributed by atoms with E-state index in [1.165, 1.54) is 24.2 Å². The molecule has 6 nitrogen and oxygen atoms in total. The van der Waals surface area contributed by atoms with E-state index in [0.29, 0.717) is 6.61 Å². The number of hydrogen-bond donors (Lipinski definition) is 1. The molecule has 0 bridgehead atoms. The molecule has 21 heavy (non-hydrogen) atoms. The molecule has 0 aromatic carbocycles. The summed E-state index contributed by atoms with van der Waals surface area (Å²) in [6, 6.07) is 0. The summed E-state index contributed by atoms with van der Waals surface area (Å²) in [4.78, 5) is 22.3. The summed E-state index contributed by atoms with van der Waals surface area (Å²) in [5.74, 6) is 0.103. The number of ether oxygens (including phenoxy) is 1. The maximum atomic E-state index is 12.7. The predicted octanol–water partition coefficient (Wildman–Crippen LogP) is 0.935. The van der Waals surface area contributed by atoms with Gasteiger partial charge in [0.2, 0.25) is 0 Å². The van der Waals surface area contributed by atoms with Crippen molar-refractivity contribution in [3.63, 3.8) is 0 Å². The van der Waals surface area contributed by atoms with Gasteiger partial charge in [-0.05, 0) is 12.8 Å². The average Bonchev–Trinajstić information content (AvgIpc) is 3.17. The SMILES string of the molecule is COCc1nc(N2CCCC2)sc1C(=O)N1CCNCC1. The number of nitrogens with one attached hydrogen (secondary N) is 1. The van der Waals surface area contributed by atoms with Crippen LogP contribution in [-0.2, 0) is 11.3 Å². The summed E-state index contributed by atoms with van der Waals surface area (Å²) in [5, 5.41) is 4.24. The van der Waals surface area contributed by atoms with Gasteiger partial charge in [0.15, 0.2) is 5.13 Å². The monoisotopic (exact) mass is 310 g/mol. The summed E-state index contributed by atoms with van der Waals surface area (Å²) in [7, 11) is 1.65. The van der Waals surface area contributed by atoms with Crippen molar-refractivity contribution < 1.29 is 9.53 Å². The van der Waals surface area contributed by atoms with E-state index in [4.69, 9.17) is 4.74 Å². The number of anilines is 1. The fourth-order valence-corrected chi connectivity index (χ4v) is 3.88. The molecule has 0 unspecified atom stereocenters. The summed E-state index contributed by atoms with van der Waals surface area (Å²) in [6.45, 7) is 5.75. The second-order valence-electron chi connectivity index (χ2n) is 5.44. The summed E-state index contributed by atoms with van der Waals surface area (Å²) >= 11 is 1.52. The van der Waals surface area contributed by atoms with Crippen LogP contribution in [-0.4, -0.2) is 62.2 Å². The van der Waals surface area contributed by atoms with Crippen molar-refractivity contribution in [1.29, 1.82) is 0 Å². The van der Waals surface area contributed by atoms with Crippen molar-refractivity contribution in [2.24, 2.45) is 0 Å². The minimum absolute atomic E-state index is 0.103. The Morgan fingerprint density at radius 3 is 2.67 bits per heavy atom. The smallest absolute Gasteiger partial charge is 0.266 e. The molecule has 3 rings (SSSR count). The largest absolute Gasteiger partial charge is 0.378 e. The van der Waals surface area contributed by atoms with Gasteiger partial charge >= 0.3 is 0 Å². The van der Waals surface area contributed by atoms with E-state index < -0.39 is 0 Å². The molecule has 0 aliphatic carbocycles. The van der Waals surface area contributed by atoms with Crippen LogP contribution >= 0.6 is 11.3 Å². The fraction of sp³-hybridized carbons (Fsp3) is 0.714. The Labute approximate surface area is 129 Å². The summed E-state index contributed by atoms with van der Waals surface area (Å²) in [5.41, 5.74) is 0.785. The molecule has 7 heteroatoms. The number of amides is 1. The van der Waals surface area contributed by atoms with E-state index in [1.807, 2.05) is 4.90 Å². The molecule has 0 radical (unpaired) electrons. The van der Waals surface area contributed by atoms with E-state index >= 15 is 0 Å². The zero-order chi connectivity index (χ0) is 14.7. The van der Waals surface area contributed by atoms with Gasteiger partial charge in [-0.2, -0.15) is 0 Å². The van der Waals surface area contributed by atoms with Crippen LogP contribution in [0.3, 0.4) is 0 Å².